The molecule has 0 saturated heterocycles. The predicted molar refractivity (Wildman–Crippen MR) is 102 cm³/mol. The van der Waals surface area contributed by atoms with Crippen LogP contribution >= 0.6 is 0 Å². The van der Waals surface area contributed by atoms with Gasteiger partial charge in [0.15, 0.2) is 0 Å². The third-order valence-corrected chi connectivity index (χ3v) is 3.95. The summed E-state index contributed by atoms with van der Waals surface area (Å²) in [4.78, 5) is 42.2. The van der Waals surface area contributed by atoms with Gasteiger partial charge in [0.2, 0.25) is 0 Å². The minimum atomic E-state index is -0.413. The number of carbonyl (C=O) groups excluding carboxylic acids is 3. The first-order valence-corrected chi connectivity index (χ1v) is 8.84. The summed E-state index contributed by atoms with van der Waals surface area (Å²) in [5.41, 5.74) is 1.49. The molecule has 0 aliphatic carbocycles. The van der Waals surface area contributed by atoms with Crippen LogP contribution in [-0.4, -0.2) is 47.4 Å². The van der Waals surface area contributed by atoms with Crippen LogP contribution in [0.25, 0.3) is 0 Å². The molecule has 2 aromatic rings. The third-order valence-electron chi connectivity index (χ3n) is 3.95. The van der Waals surface area contributed by atoms with Crippen molar-refractivity contribution in [3.63, 3.8) is 0 Å². The fraction of sp³-hybridized carbons (Fsp3) is 0.300. The molecule has 0 aliphatic rings. The first-order valence-electron chi connectivity index (χ1n) is 8.84. The van der Waals surface area contributed by atoms with Gasteiger partial charge in [0.25, 0.3) is 11.8 Å². The Labute approximate surface area is 158 Å². The summed E-state index contributed by atoms with van der Waals surface area (Å²) in [6.07, 6.45) is 1.44. The normalized spacial score (nSPS) is 10.2. The van der Waals surface area contributed by atoms with E-state index in [0.717, 1.165) is 0 Å². The summed E-state index contributed by atoms with van der Waals surface area (Å²) in [6.45, 7) is 6.95. The Bertz CT molecular complexity index is 814. The van der Waals surface area contributed by atoms with E-state index in [4.69, 9.17) is 4.74 Å². The first kappa shape index (κ1) is 20.1. The second-order valence-corrected chi connectivity index (χ2v) is 5.66. The van der Waals surface area contributed by atoms with Gasteiger partial charge in [-0.05, 0) is 57.2 Å². The molecule has 1 aromatic heterocycles. The number of esters is 1. The van der Waals surface area contributed by atoms with Gasteiger partial charge in [-0.25, -0.2) is 4.79 Å². The molecule has 2 rings (SSSR count). The summed E-state index contributed by atoms with van der Waals surface area (Å²) in [5, 5.41) is 2.74. The van der Waals surface area contributed by atoms with Gasteiger partial charge < -0.3 is 15.0 Å². The highest BCUT2D eigenvalue weighted by atomic mass is 16.5. The molecule has 0 radical (unpaired) electrons. The number of nitrogens with one attached hydrogen (secondary N) is 1. The Hall–Kier alpha value is -3.22. The van der Waals surface area contributed by atoms with Crippen molar-refractivity contribution in [3.8, 4) is 0 Å². The highest BCUT2D eigenvalue weighted by Crippen LogP contribution is 2.13. The molecule has 27 heavy (non-hydrogen) atoms. The molecule has 0 fully saturated rings. The summed E-state index contributed by atoms with van der Waals surface area (Å²) in [7, 11) is 0. The number of pyridine rings is 1. The van der Waals surface area contributed by atoms with E-state index in [9.17, 15) is 14.4 Å². The van der Waals surface area contributed by atoms with E-state index in [2.05, 4.69) is 10.3 Å². The van der Waals surface area contributed by atoms with Crippen molar-refractivity contribution in [2.24, 2.45) is 0 Å². The maximum absolute atomic E-state index is 12.5. The number of anilines is 1. The van der Waals surface area contributed by atoms with Gasteiger partial charge in [-0.15, -0.1) is 0 Å². The van der Waals surface area contributed by atoms with Crippen LogP contribution in [0.5, 0.6) is 0 Å². The molecular weight excluding hydrogens is 346 g/mol. The van der Waals surface area contributed by atoms with Gasteiger partial charge in [0, 0.05) is 30.5 Å². The third kappa shape index (κ3) is 5.13. The maximum Gasteiger partial charge on any atom is 0.338 e. The second-order valence-electron chi connectivity index (χ2n) is 5.66. The second kappa shape index (κ2) is 9.47. The molecule has 0 atom stereocenters. The van der Waals surface area contributed by atoms with Crippen molar-refractivity contribution in [3.05, 3.63) is 59.4 Å². The minimum Gasteiger partial charge on any atom is -0.462 e. The van der Waals surface area contributed by atoms with Crippen molar-refractivity contribution in [1.29, 1.82) is 0 Å². The molecule has 0 spiro atoms. The molecule has 1 N–H and O–H groups in total. The van der Waals surface area contributed by atoms with Gasteiger partial charge in [0.1, 0.15) is 5.69 Å². The zero-order valence-electron chi connectivity index (χ0n) is 15.7. The lowest BCUT2D eigenvalue weighted by Gasteiger charge is -2.18. The molecule has 7 heteroatoms. The highest BCUT2D eigenvalue weighted by Gasteiger charge is 2.16. The van der Waals surface area contributed by atoms with Crippen LogP contribution in [0.1, 0.15) is 52.0 Å². The summed E-state index contributed by atoms with van der Waals surface area (Å²) >= 11 is 0. The van der Waals surface area contributed by atoms with Gasteiger partial charge in [0.05, 0.1) is 12.2 Å². The van der Waals surface area contributed by atoms with E-state index < -0.39 is 5.97 Å². The van der Waals surface area contributed by atoms with Gasteiger partial charge in [-0.3, -0.25) is 14.6 Å². The average Bonchev–Trinajstić information content (AvgIpc) is 2.69. The van der Waals surface area contributed by atoms with Crippen LogP contribution in [0.4, 0.5) is 5.69 Å². The number of hydrogen-bond donors (Lipinski definition) is 1. The number of benzene rings is 1. The van der Waals surface area contributed by atoms with Crippen LogP contribution in [0.2, 0.25) is 0 Å². The number of rotatable bonds is 7. The van der Waals surface area contributed by atoms with E-state index in [1.165, 1.54) is 12.3 Å². The van der Waals surface area contributed by atoms with Gasteiger partial charge >= 0.3 is 5.97 Å². The molecule has 0 bridgehead atoms. The molecule has 0 saturated carbocycles. The zero-order chi connectivity index (χ0) is 19.8. The lowest BCUT2D eigenvalue weighted by molar-refractivity contribution is 0.0526. The van der Waals surface area contributed by atoms with Crippen LogP contribution in [0, 0.1) is 0 Å². The van der Waals surface area contributed by atoms with E-state index in [-0.39, 0.29) is 17.5 Å². The Morgan fingerprint density at radius 3 is 2.26 bits per heavy atom. The zero-order valence-corrected chi connectivity index (χ0v) is 15.7. The maximum atomic E-state index is 12.5. The Morgan fingerprint density at radius 1 is 1.00 bits per heavy atom. The lowest BCUT2D eigenvalue weighted by Crippen LogP contribution is -2.31. The highest BCUT2D eigenvalue weighted by molar-refractivity contribution is 6.05. The van der Waals surface area contributed by atoms with Crippen LogP contribution in [0.3, 0.4) is 0 Å². The Balaban J connectivity index is 2.11. The first-order chi connectivity index (χ1) is 13.0. The molecule has 2 amide bonds. The number of ether oxygens (including phenoxy) is 1. The molecule has 0 unspecified atom stereocenters. The summed E-state index contributed by atoms with van der Waals surface area (Å²) in [6, 6.07) is 9.41. The number of nitrogens with zero attached hydrogens (tertiary/aromatic N) is 2. The quantitative estimate of drug-likeness (QED) is 0.758. The molecule has 1 heterocycles. The van der Waals surface area contributed by atoms with Crippen LogP contribution in [-0.2, 0) is 4.74 Å². The molecule has 1 aromatic carbocycles. The number of hydrogen-bond acceptors (Lipinski definition) is 5. The summed E-state index contributed by atoms with van der Waals surface area (Å²) in [5.74, 6) is -0.993. The van der Waals surface area contributed by atoms with Crippen molar-refractivity contribution in [2.45, 2.75) is 20.8 Å². The lowest BCUT2D eigenvalue weighted by atomic mass is 10.1. The number of carbonyl (C=O) groups is 3. The SMILES string of the molecule is CCOC(=O)c1ccc(NC(=O)c2ccnc(C(=O)N(CC)CC)c2)cc1. The standard InChI is InChI=1S/C20H23N3O4/c1-4-23(5-2)19(25)17-13-15(11-12-21-17)18(24)22-16-9-7-14(8-10-16)20(26)27-6-3/h7-13H,4-6H2,1-3H3,(H,22,24). The van der Waals surface area contributed by atoms with E-state index in [1.807, 2.05) is 13.8 Å². The largest absolute Gasteiger partial charge is 0.462 e. The Kier molecular flexibility index (Phi) is 7.05. The van der Waals surface area contributed by atoms with E-state index in [1.54, 1.807) is 42.2 Å². The topological polar surface area (TPSA) is 88.6 Å². The molecule has 7 nitrogen and oxygen atoms in total. The Morgan fingerprint density at radius 2 is 1.67 bits per heavy atom. The van der Waals surface area contributed by atoms with Crippen molar-refractivity contribution < 1.29 is 19.1 Å². The fourth-order valence-corrected chi connectivity index (χ4v) is 2.47. The van der Waals surface area contributed by atoms with Crippen molar-refractivity contribution >= 4 is 23.5 Å². The van der Waals surface area contributed by atoms with Crippen molar-refractivity contribution in [2.75, 3.05) is 25.0 Å². The summed E-state index contributed by atoms with van der Waals surface area (Å²) < 4.78 is 4.92. The number of aromatic nitrogens is 1. The predicted octanol–water partition coefficient (Wildman–Crippen LogP) is 2.99. The minimum absolute atomic E-state index is 0.214. The van der Waals surface area contributed by atoms with E-state index in [0.29, 0.717) is 36.5 Å². The van der Waals surface area contributed by atoms with E-state index >= 15 is 0 Å². The molecule has 0 aliphatic heterocycles. The van der Waals surface area contributed by atoms with Crippen molar-refractivity contribution in [1.82, 2.24) is 9.88 Å². The van der Waals surface area contributed by atoms with Gasteiger partial charge in [-0.1, -0.05) is 0 Å². The molecular formula is C20H23N3O4. The van der Waals surface area contributed by atoms with Crippen LogP contribution < -0.4 is 5.32 Å². The average molecular weight is 369 g/mol. The molecule has 142 valence electrons. The monoisotopic (exact) mass is 369 g/mol. The van der Waals surface area contributed by atoms with Gasteiger partial charge in [-0.2, -0.15) is 0 Å². The fourth-order valence-electron chi connectivity index (χ4n) is 2.47. The van der Waals surface area contributed by atoms with Crippen LogP contribution in [0.15, 0.2) is 42.6 Å². The smallest absolute Gasteiger partial charge is 0.338 e. The number of amides is 2.